The van der Waals surface area contributed by atoms with E-state index in [0.717, 1.165) is 0 Å². The Morgan fingerprint density at radius 1 is 0.850 bits per heavy atom. The molecule has 106 valence electrons. The van der Waals surface area contributed by atoms with Crippen molar-refractivity contribution in [3.8, 4) is 0 Å². The highest BCUT2D eigenvalue weighted by Gasteiger charge is 2.27. The van der Waals surface area contributed by atoms with Gasteiger partial charge >= 0.3 is 0 Å². The lowest BCUT2D eigenvalue weighted by atomic mass is 9.77. The second kappa shape index (κ2) is 5.35. The standard InChI is InChI=1S/C19H25N/c1-2-7-14(8-3-1)17-11-6-10-16-13-15-9-4-5-12-18(15)20-19(16)17/h7,13,17H,1-6,8-12H2/t17-/m1/s1. The first-order chi connectivity index (χ1) is 9.92. The minimum atomic E-state index is 0.659. The summed E-state index contributed by atoms with van der Waals surface area (Å²) in [6, 6.07) is 2.52. The first kappa shape index (κ1) is 12.6. The predicted octanol–water partition coefficient (Wildman–Crippen LogP) is 4.88. The smallest absolute Gasteiger partial charge is 0.0510 e. The van der Waals surface area contributed by atoms with Gasteiger partial charge in [0.05, 0.1) is 5.69 Å². The van der Waals surface area contributed by atoms with Gasteiger partial charge in [0.15, 0.2) is 0 Å². The number of fused-ring (bicyclic) bond motifs is 2. The van der Waals surface area contributed by atoms with Gasteiger partial charge in [-0.2, -0.15) is 0 Å². The van der Waals surface area contributed by atoms with Crippen LogP contribution in [0.3, 0.4) is 0 Å². The zero-order valence-electron chi connectivity index (χ0n) is 12.5. The molecule has 4 rings (SSSR count). The monoisotopic (exact) mass is 267 g/mol. The van der Waals surface area contributed by atoms with E-state index in [4.69, 9.17) is 4.98 Å². The fraction of sp³-hybridized carbons (Fsp3) is 0.632. The van der Waals surface area contributed by atoms with E-state index in [2.05, 4.69) is 12.1 Å². The van der Waals surface area contributed by atoms with E-state index in [-0.39, 0.29) is 0 Å². The summed E-state index contributed by atoms with van der Waals surface area (Å²) in [6.45, 7) is 0. The summed E-state index contributed by atoms with van der Waals surface area (Å²) in [5.41, 5.74) is 7.74. The molecule has 3 aliphatic rings. The van der Waals surface area contributed by atoms with Crippen LogP contribution in [0.4, 0.5) is 0 Å². The summed E-state index contributed by atoms with van der Waals surface area (Å²) < 4.78 is 0. The fourth-order valence-corrected chi connectivity index (χ4v) is 4.37. The van der Waals surface area contributed by atoms with Crippen LogP contribution >= 0.6 is 0 Å². The molecule has 1 heteroatoms. The van der Waals surface area contributed by atoms with Gasteiger partial charge in [-0.05, 0) is 81.8 Å². The van der Waals surface area contributed by atoms with Crippen molar-refractivity contribution in [1.82, 2.24) is 4.98 Å². The van der Waals surface area contributed by atoms with E-state index in [1.165, 1.54) is 82.0 Å². The SMILES string of the molecule is C1=C([C@H]2CCCc3cc4c(nc32)CCCC4)CCCC1. The zero-order chi connectivity index (χ0) is 13.4. The molecule has 3 aliphatic carbocycles. The number of aromatic nitrogens is 1. The van der Waals surface area contributed by atoms with E-state index in [0.29, 0.717) is 5.92 Å². The molecule has 1 heterocycles. The Hall–Kier alpha value is -1.11. The zero-order valence-corrected chi connectivity index (χ0v) is 12.5. The molecule has 0 N–H and O–H groups in total. The number of rotatable bonds is 1. The molecular formula is C19H25N. The normalized spacial score (nSPS) is 25.6. The average Bonchev–Trinajstić information content (AvgIpc) is 2.53. The Bertz CT molecular complexity index is 541. The van der Waals surface area contributed by atoms with Gasteiger partial charge in [-0.1, -0.05) is 17.7 Å². The van der Waals surface area contributed by atoms with Crippen LogP contribution in [0.2, 0.25) is 0 Å². The Balaban J connectivity index is 1.74. The van der Waals surface area contributed by atoms with Crippen LogP contribution in [0.5, 0.6) is 0 Å². The lowest BCUT2D eigenvalue weighted by molar-refractivity contribution is 0.542. The topological polar surface area (TPSA) is 12.9 Å². The molecule has 20 heavy (non-hydrogen) atoms. The number of allylic oxidation sites excluding steroid dienone is 2. The molecule has 0 radical (unpaired) electrons. The number of aryl methyl sites for hydroxylation is 3. The summed E-state index contributed by atoms with van der Waals surface area (Å²) in [7, 11) is 0. The number of hydrogen-bond donors (Lipinski definition) is 0. The van der Waals surface area contributed by atoms with E-state index < -0.39 is 0 Å². The summed E-state index contributed by atoms with van der Waals surface area (Å²) in [5.74, 6) is 0.659. The Morgan fingerprint density at radius 2 is 1.70 bits per heavy atom. The van der Waals surface area contributed by atoms with Crippen LogP contribution < -0.4 is 0 Å². The van der Waals surface area contributed by atoms with Gasteiger partial charge in [0.1, 0.15) is 0 Å². The number of nitrogens with zero attached hydrogens (tertiary/aromatic N) is 1. The molecule has 1 nitrogen and oxygen atoms in total. The van der Waals surface area contributed by atoms with Gasteiger partial charge in [0.25, 0.3) is 0 Å². The molecule has 0 unspecified atom stereocenters. The minimum absolute atomic E-state index is 0.659. The van der Waals surface area contributed by atoms with Crippen molar-refractivity contribution < 1.29 is 0 Å². The third-order valence-corrected chi connectivity index (χ3v) is 5.46. The van der Waals surface area contributed by atoms with Crippen molar-refractivity contribution in [1.29, 1.82) is 0 Å². The molecular weight excluding hydrogens is 242 g/mol. The second-order valence-corrected chi connectivity index (χ2v) is 6.82. The molecule has 1 atom stereocenters. The molecule has 0 spiro atoms. The molecule has 0 saturated heterocycles. The van der Waals surface area contributed by atoms with E-state index >= 15 is 0 Å². The predicted molar refractivity (Wildman–Crippen MR) is 83.1 cm³/mol. The van der Waals surface area contributed by atoms with Gasteiger partial charge in [-0.25, -0.2) is 0 Å². The Morgan fingerprint density at radius 3 is 2.60 bits per heavy atom. The van der Waals surface area contributed by atoms with Crippen LogP contribution in [0, 0.1) is 0 Å². The molecule has 0 aromatic carbocycles. The highest BCUT2D eigenvalue weighted by molar-refractivity contribution is 5.39. The van der Waals surface area contributed by atoms with Crippen LogP contribution in [-0.2, 0) is 19.3 Å². The van der Waals surface area contributed by atoms with Crippen molar-refractivity contribution in [3.05, 3.63) is 40.2 Å². The first-order valence-electron chi connectivity index (χ1n) is 8.62. The third kappa shape index (κ3) is 2.21. The van der Waals surface area contributed by atoms with Crippen LogP contribution in [0.25, 0.3) is 0 Å². The van der Waals surface area contributed by atoms with E-state index in [9.17, 15) is 0 Å². The molecule has 0 aliphatic heterocycles. The molecule has 0 fully saturated rings. The van der Waals surface area contributed by atoms with Gasteiger partial charge in [0, 0.05) is 11.6 Å². The van der Waals surface area contributed by atoms with Crippen molar-refractivity contribution in [2.75, 3.05) is 0 Å². The highest BCUT2D eigenvalue weighted by atomic mass is 14.7. The second-order valence-electron chi connectivity index (χ2n) is 6.82. The lowest BCUT2D eigenvalue weighted by Gasteiger charge is -2.30. The van der Waals surface area contributed by atoms with Crippen LogP contribution in [0.15, 0.2) is 17.7 Å². The third-order valence-electron chi connectivity index (χ3n) is 5.46. The van der Waals surface area contributed by atoms with Crippen molar-refractivity contribution in [3.63, 3.8) is 0 Å². The van der Waals surface area contributed by atoms with Crippen molar-refractivity contribution >= 4 is 0 Å². The van der Waals surface area contributed by atoms with E-state index in [1.807, 2.05) is 0 Å². The summed E-state index contributed by atoms with van der Waals surface area (Å²) >= 11 is 0. The van der Waals surface area contributed by atoms with Gasteiger partial charge in [-0.3, -0.25) is 4.98 Å². The molecule has 1 aromatic rings. The van der Waals surface area contributed by atoms with Crippen LogP contribution in [-0.4, -0.2) is 4.98 Å². The Labute approximate surface area is 122 Å². The van der Waals surface area contributed by atoms with Crippen molar-refractivity contribution in [2.24, 2.45) is 0 Å². The Kier molecular flexibility index (Phi) is 3.37. The maximum absolute atomic E-state index is 5.17. The summed E-state index contributed by atoms with van der Waals surface area (Å²) in [6.07, 6.45) is 17.1. The van der Waals surface area contributed by atoms with E-state index in [1.54, 1.807) is 16.7 Å². The number of pyridine rings is 1. The van der Waals surface area contributed by atoms with Gasteiger partial charge in [0.2, 0.25) is 0 Å². The lowest BCUT2D eigenvalue weighted by Crippen LogP contribution is -2.18. The van der Waals surface area contributed by atoms with Crippen LogP contribution in [0.1, 0.15) is 79.8 Å². The molecule has 1 aromatic heterocycles. The minimum Gasteiger partial charge on any atom is -0.257 e. The summed E-state index contributed by atoms with van der Waals surface area (Å²) in [4.78, 5) is 5.17. The van der Waals surface area contributed by atoms with Crippen molar-refractivity contribution in [2.45, 2.75) is 76.5 Å². The maximum Gasteiger partial charge on any atom is 0.0510 e. The highest BCUT2D eigenvalue weighted by Crippen LogP contribution is 2.40. The molecule has 0 amide bonds. The average molecular weight is 267 g/mol. The molecule has 0 saturated carbocycles. The van der Waals surface area contributed by atoms with Gasteiger partial charge in [-0.15, -0.1) is 0 Å². The maximum atomic E-state index is 5.17. The fourth-order valence-electron chi connectivity index (χ4n) is 4.37. The quantitative estimate of drug-likeness (QED) is 0.661. The largest absolute Gasteiger partial charge is 0.257 e. The molecule has 0 bridgehead atoms. The number of hydrogen-bond acceptors (Lipinski definition) is 1. The van der Waals surface area contributed by atoms with Gasteiger partial charge < -0.3 is 0 Å². The summed E-state index contributed by atoms with van der Waals surface area (Å²) in [5, 5.41) is 0. The first-order valence-corrected chi connectivity index (χ1v) is 8.62.